The van der Waals surface area contributed by atoms with Gasteiger partial charge < -0.3 is 9.80 Å². The highest BCUT2D eigenvalue weighted by Gasteiger charge is 2.48. The standard InChI is InChI=1S/C46H38N2/c1-3-13-33(14-4-1)34-23-28-38(29-24-34)47(37-16-5-2-6-17-37)39-30-25-36(26-31-39)40-18-9-11-21-43(40)48-44-22-12-10-20-42(44)46-41-19-8-7-15-35(41)27-32-45(46)48/h1,3-5,7-32,42,44-46H,2,6H2. The summed E-state index contributed by atoms with van der Waals surface area (Å²) in [6, 6.07) is 47.3. The zero-order valence-electron chi connectivity index (χ0n) is 26.9. The average molecular weight is 619 g/mol. The number of fused-ring (bicyclic) bond motifs is 5. The van der Waals surface area contributed by atoms with Crippen molar-refractivity contribution in [1.82, 2.24) is 0 Å². The van der Waals surface area contributed by atoms with E-state index in [0.29, 0.717) is 23.9 Å². The highest BCUT2D eigenvalue weighted by Crippen LogP contribution is 2.52. The van der Waals surface area contributed by atoms with Crippen molar-refractivity contribution in [2.75, 3.05) is 9.80 Å². The summed E-state index contributed by atoms with van der Waals surface area (Å²) in [5, 5.41) is 0. The van der Waals surface area contributed by atoms with Crippen molar-refractivity contribution in [3.8, 4) is 22.3 Å². The van der Waals surface area contributed by atoms with Crippen LogP contribution in [0.2, 0.25) is 0 Å². The number of anilines is 3. The van der Waals surface area contributed by atoms with Gasteiger partial charge in [0.15, 0.2) is 0 Å². The van der Waals surface area contributed by atoms with Gasteiger partial charge in [-0.3, -0.25) is 0 Å². The van der Waals surface area contributed by atoms with E-state index in [1.165, 1.54) is 44.8 Å². The van der Waals surface area contributed by atoms with Crippen molar-refractivity contribution in [3.63, 3.8) is 0 Å². The van der Waals surface area contributed by atoms with Crippen molar-refractivity contribution < 1.29 is 0 Å². The Labute approximate surface area is 284 Å². The van der Waals surface area contributed by atoms with E-state index in [1.807, 2.05) is 0 Å². The minimum absolute atomic E-state index is 0.294. The molecule has 1 aliphatic heterocycles. The van der Waals surface area contributed by atoms with Crippen molar-refractivity contribution in [1.29, 1.82) is 0 Å². The zero-order valence-corrected chi connectivity index (χ0v) is 26.9. The fraction of sp³-hybridized carbons (Fsp3) is 0.130. The molecule has 0 spiro atoms. The van der Waals surface area contributed by atoms with Crippen LogP contribution < -0.4 is 9.80 Å². The number of nitrogens with zero attached hydrogens (tertiary/aromatic N) is 2. The first-order valence-electron chi connectivity index (χ1n) is 17.3. The number of hydrogen-bond donors (Lipinski definition) is 0. The van der Waals surface area contributed by atoms with E-state index in [0.717, 1.165) is 24.2 Å². The highest BCUT2D eigenvalue weighted by atomic mass is 15.2. The van der Waals surface area contributed by atoms with Gasteiger partial charge in [0.1, 0.15) is 0 Å². The summed E-state index contributed by atoms with van der Waals surface area (Å²) in [5.41, 5.74) is 12.6. The molecule has 0 N–H and O–H groups in total. The molecule has 5 aromatic rings. The van der Waals surface area contributed by atoms with Gasteiger partial charge in [-0.05, 0) is 77.1 Å². The second kappa shape index (κ2) is 12.2. The van der Waals surface area contributed by atoms with Crippen LogP contribution in [0.4, 0.5) is 17.1 Å². The molecule has 1 fully saturated rings. The van der Waals surface area contributed by atoms with E-state index in [9.17, 15) is 0 Å². The Kier molecular flexibility index (Phi) is 7.28. The van der Waals surface area contributed by atoms with Crippen molar-refractivity contribution in [2.24, 2.45) is 5.92 Å². The third kappa shape index (κ3) is 4.96. The van der Waals surface area contributed by atoms with Crippen LogP contribution in [0.15, 0.2) is 182 Å². The zero-order chi connectivity index (χ0) is 31.9. The largest absolute Gasteiger partial charge is 0.357 e. The van der Waals surface area contributed by atoms with E-state index in [-0.39, 0.29) is 0 Å². The Hall–Kier alpha value is -5.60. The monoisotopic (exact) mass is 618 g/mol. The fourth-order valence-corrected chi connectivity index (χ4v) is 8.29. The SMILES string of the molecule is C1=CC2C3c4ccccc4C=CC3N(c3ccccc3-c3ccc(N(C4=CCCC=C4)c4ccc(-c5ccccc5)cc4)cc3)C2C=C1. The lowest BCUT2D eigenvalue weighted by Crippen LogP contribution is -2.37. The molecule has 4 aliphatic rings. The minimum atomic E-state index is 0.294. The van der Waals surface area contributed by atoms with Crippen LogP contribution in [-0.4, -0.2) is 12.1 Å². The van der Waals surface area contributed by atoms with Gasteiger partial charge >= 0.3 is 0 Å². The van der Waals surface area contributed by atoms with Gasteiger partial charge in [-0.2, -0.15) is 0 Å². The molecule has 1 saturated heterocycles. The molecule has 3 aliphatic carbocycles. The summed E-state index contributed by atoms with van der Waals surface area (Å²) in [4.78, 5) is 5.07. The summed E-state index contributed by atoms with van der Waals surface area (Å²) in [6.45, 7) is 0. The highest BCUT2D eigenvalue weighted by molar-refractivity contribution is 5.83. The van der Waals surface area contributed by atoms with Gasteiger partial charge in [0, 0.05) is 40.2 Å². The molecule has 4 atom stereocenters. The Balaban J connectivity index is 1.08. The maximum absolute atomic E-state index is 2.68. The molecular weight excluding hydrogens is 581 g/mol. The first kappa shape index (κ1) is 28.6. The Morgan fingerprint density at radius 1 is 0.542 bits per heavy atom. The summed E-state index contributed by atoms with van der Waals surface area (Å²) >= 11 is 0. The molecule has 0 radical (unpaired) electrons. The van der Waals surface area contributed by atoms with Crippen LogP contribution >= 0.6 is 0 Å². The fourth-order valence-electron chi connectivity index (χ4n) is 8.29. The van der Waals surface area contributed by atoms with Crippen molar-refractivity contribution >= 4 is 23.1 Å². The molecule has 48 heavy (non-hydrogen) atoms. The number of rotatable bonds is 6. The normalized spacial score (nSPS) is 21.8. The molecule has 2 nitrogen and oxygen atoms in total. The molecule has 0 amide bonds. The number of para-hydroxylation sites is 1. The number of allylic oxidation sites excluding steroid dienone is 5. The summed E-state index contributed by atoms with van der Waals surface area (Å²) < 4.78 is 0. The Morgan fingerprint density at radius 2 is 1.23 bits per heavy atom. The van der Waals surface area contributed by atoms with Crippen molar-refractivity contribution in [3.05, 3.63) is 193 Å². The van der Waals surface area contributed by atoms with Crippen LogP contribution in [0.3, 0.4) is 0 Å². The van der Waals surface area contributed by atoms with Gasteiger partial charge in [0.2, 0.25) is 0 Å². The topological polar surface area (TPSA) is 6.48 Å². The minimum Gasteiger partial charge on any atom is -0.357 e. The summed E-state index contributed by atoms with van der Waals surface area (Å²) in [5.74, 6) is 0.853. The number of hydrogen-bond acceptors (Lipinski definition) is 2. The summed E-state index contributed by atoms with van der Waals surface area (Å²) in [6.07, 6.45) is 23.1. The predicted octanol–water partition coefficient (Wildman–Crippen LogP) is 11.5. The lowest BCUT2D eigenvalue weighted by Gasteiger charge is -2.34. The van der Waals surface area contributed by atoms with E-state index >= 15 is 0 Å². The van der Waals surface area contributed by atoms with Gasteiger partial charge in [0.25, 0.3) is 0 Å². The van der Waals surface area contributed by atoms with Crippen LogP contribution in [0, 0.1) is 5.92 Å². The predicted molar refractivity (Wildman–Crippen MR) is 202 cm³/mol. The quantitative estimate of drug-likeness (QED) is 0.187. The van der Waals surface area contributed by atoms with E-state index in [2.05, 4.69) is 192 Å². The first-order chi connectivity index (χ1) is 23.8. The third-order valence-corrected chi connectivity index (χ3v) is 10.5. The molecule has 5 aromatic carbocycles. The number of benzene rings is 5. The summed E-state index contributed by atoms with van der Waals surface area (Å²) in [7, 11) is 0. The van der Waals surface area contributed by atoms with Crippen LogP contribution in [0.1, 0.15) is 29.9 Å². The lowest BCUT2D eigenvalue weighted by molar-refractivity contribution is 0.558. The maximum Gasteiger partial charge on any atom is 0.0558 e. The molecule has 0 saturated carbocycles. The van der Waals surface area contributed by atoms with Crippen LogP contribution in [0.5, 0.6) is 0 Å². The molecular formula is C46H38N2. The van der Waals surface area contributed by atoms with Gasteiger partial charge in [0.05, 0.1) is 12.1 Å². The third-order valence-electron chi connectivity index (χ3n) is 10.5. The maximum atomic E-state index is 2.68. The smallest absolute Gasteiger partial charge is 0.0558 e. The molecule has 2 heteroatoms. The van der Waals surface area contributed by atoms with Gasteiger partial charge in [-0.15, -0.1) is 0 Å². The second-order valence-electron chi connectivity index (χ2n) is 13.2. The second-order valence-corrected chi connectivity index (χ2v) is 13.2. The Morgan fingerprint density at radius 3 is 2.02 bits per heavy atom. The average Bonchev–Trinajstić information content (AvgIpc) is 3.51. The van der Waals surface area contributed by atoms with Crippen LogP contribution in [-0.2, 0) is 0 Å². The van der Waals surface area contributed by atoms with Crippen LogP contribution in [0.25, 0.3) is 28.3 Å². The van der Waals surface area contributed by atoms with Gasteiger partial charge in [-0.1, -0.05) is 146 Å². The van der Waals surface area contributed by atoms with Gasteiger partial charge in [-0.25, -0.2) is 0 Å². The molecule has 1 heterocycles. The molecule has 0 bridgehead atoms. The molecule has 9 rings (SSSR count). The Bertz CT molecular complexity index is 2100. The lowest BCUT2D eigenvalue weighted by atomic mass is 9.76. The van der Waals surface area contributed by atoms with E-state index < -0.39 is 0 Å². The first-order valence-corrected chi connectivity index (χ1v) is 17.3. The molecule has 232 valence electrons. The van der Waals surface area contributed by atoms with E-state index in [4.69, 9.17) is 0 Å². The van der Waals surface area contributed by atoms with Crippen molar-refractivity contribution in [2.45, 2.75) is 30.8 Å². The molecule has 4 unspecified atom stereocenters. The van der Waals surface area contributed by atoms with E-state index in [1.54, 1.807) is 0 Å². The molecule has 0 aromatic heterocycles.